The highest BCUT2D eigenvalue weighted by molar-refractivity contribution is 6.12. The first-order chi connectivity index (χ1) is 9.60. The maximum atomic E-state index is 12.5. The minimum absolute atomic E-state index is 0.200. The Morgan fingerprint density at radius 1 is 1.00 bits per heavy atom. The number of rotatable bonds is 4. The summed E-state index contributed by atoms with van der Waals surface area (Å²) in [6, 6.07) is 10.4. The molecule has 0 aliphatic rings. The highest BCUT2D eigenvalue weighted by Gasteiger charge is 2.21. The maximum absolute atomic E-state index is 12.5. The van der Waals surface area contributed by atoms with E-state index in [2.05, 4.69) is 0 Å². The third-order valence-electron chi connectivity index (χ3n) is 3.02. The first-order valence-electron chi connectivity index (χ1n) is 5.99. The molecule has 0 aliphatic heterocycles. The van der Waals surface area contributed by atoms with Crippen LogP contribution in [0.2, 0.25) is 0 Å². The van der Waals surface area contributed by atoms with Gasteiger partial charge in [-0.3, -0.25) is 4.79 Å². The van der Waals surface area contributed by atoms with Gasteiger partial charge in [-0.2, -0.15) is 0 Å². The number of carbonyl (C=O) groups excluding carboxylic acids is 1. The summed E-state index contributed by atoms with van der Waals surface area (Å²) in [5.41, 5.74) is 13.1. The summed E-state index contributed by atoms with van der Waals surface area (Å²) in [4.78, 5) is 12.5. The van der Waals surface area contributed by atoms with Crippen molar-refractivity contribution in [2.45, 2.75) is 0 Å². The van der Waals surface area contributed by atoms with Crippen molar-refractivity contribution < 1.29 is 14.3 Å². The molecule has 5 heteroatoms. The van der Waals surface area contributed by atoms with Crippen LogP contribution in [0.25, 0.3) is 0 Å². The number of methoxy groups -OCH3 is 2. The van der Waals surface area contributed by atoms with Gasteiger partial charge < -0.3 is 20.9 Å². The summed E-state index contributed by atoms with van der Waals surface area (Å²) in [5.74, 6) is 0.409. The number of nitrogen functional groups attached to an aromatic ring is 2. The lowest BCUT2D eigenvalue weighted by atomic mass is 10.0. The number of benzene rings is 2. The fourth-order valence-electron chi connectivity index (χ4n) is 1.98. The van der Waals surface area contributed by atoms with E-state index in [0.717, 1.165) is 0 Å². The fraction of sp³-hybridized carbons (Fsp3) is 0.133. The molecule has 2 aromatic rings. The molecule has 0 saturated heterocycles. The van der Waals surface area contributed by atoms with Crippen molar-refractivity contribution in [3.05, 3.63) is 47.5 Å². The largest absolute Gasteiger partial charge is 0.494 e. The normalized spacial score (nSPS) is 10.1. The molecule has 0 atom stereocenters. The van der Waals surface area contributed by atoms with Gasteiger partial charge in [-0.1, -0.05) is 30.3 Å². The molecular weight excluding hydrogens is 256 g/mol. The number of carbonyl (C=O) groups is 1. The summed E-state index contributed by atoms with van der Waals surface area (Å²) >= 11 is 0. The number of ketones is 1. The minimum atomic E-state index is -0.201. The zero-order valence-electron chi connectivity index (χ0n) is 11.3. The highest BCUT2D eigenvalue weighted by atomic mass is 16.5. The average Bonchev–Trinajstić information content (AvgIpc) is 2.50. The monoisotopic (exact) mass is 272 g/mol. The molecule has 0 aliphatic carbocycles. The highest BCUT2D eigenvalue weighted by Crippen LogP contribution is 2.39. The van der Waals surface area contributed by atoms with Gasteiger partial charge in [0.15, 0.2) is 11.5 Å². The Kier molecular flexibility index (Phi) is 3.79. The number of nitrogens with two attached hydrogens (primary N) is 2. The van der Waals surface area contributed by atoms with Crippen LogP contribution in [0.5, 0.6) is 11.5 Å². The minimum Gasteiger partial charge on any atom is -0.494 e. The van der Waals surface area contributed by atoms with E-state index in [-0.39, 0.29) is 22.9 Å². The summed E-state index contributed by atoms with van der Waals surface area (Å²) in [6.07, 6.45) is 0. The van der Waals surface area contributed by atoms with Crippen molar-refractivity contribution in [3.63, 3.8) is 0 Å². The van der Waals surface area contributed by atoms with Gasteiger partial charge in [-0.05, 0) is 6.07 Å². The molecular formula is C15H16N2O3. The predicted octanol–water partition coefficient (Wildman–Crippen LogP) is 2.10. The van der Waals surface area contributed by atoms with Crippen molar-refractivity contribution in [1.82, 2.24) is 0 Å². The van der Waals surface area contributed by atoms with Crippen LogP contribution in [0.1, 0.15) is 15.9 Å². The SMILES string of the molecule is COc1cc(C(=O)c2ccccc2)c(OC)c(N)c1N. The van der Waals surface area contributed by atoms with Crippen LogP contribution in [0.3, 0.4) is 0 Å². The van der Waals surface area contributed by atoms with Crippen LogP contribution in [-0.4, -0.2) is 20.0 Å². The Morgan fingerprint density at radius 2 is 1.65 bits per heavy atom. The standard InChI is InChI=1S/C15H16N2O3/c1-19-11-8-10(15(20-2)13(17)12(11)16)14(18)9-6-4-3-5-7-9/h3-8H,16-17H2,1-2H3. The Hall–Kier alpha value is -2.69. The van der Waals surface area contributed by atoms with Gasteiger partial charge >= 0.3 is 0 Å². The fourth-order valence-corrected chi connectivity index (χ4v) is 1.98. The lowest BCUT2D eigenvalue weighted by Crippen LogP contribution is -2.09. The topological polar surface area (TPSA) is 87.6 Å². The van der Waals surface area contributed by atoms with E-state index >= 15 is 0 Å². The molecule has 0 saturated carbocycles. The molecule has 0 aromatic heterocycles. The molecule has 0 unspecified atom stereocenters. The second kappa shape index (κ2) is 5.52. The van der Waals surface area contributed by atoms with Crippen LogP contribution < -0.4 is 20.9 Å². The van der Waals surface area contributed by atoms with Crippen molar-refractivity contribution >= 4 is 17.2 Å². The molecule has 2 aromatic carbocycles. The van der Waals surface area contributed by atoms with Gasteiger partial charge in [-0.15, -0.1) is 0 Å². The second-order valence-electron chi connectivity index (χ2n) is 4.18. The van der Waals surface area contributed by atoms with Gasteiger partial charge in [0.1, 0.15) is 17.1 Å². The molecule has 0 spiro atoms. The number of anilines is 2. The van der Waals surface area contributed by atoms with Crippen LogP contribution in [-0.2, 0) is 0 Å². The van der Waals surface area contributed by atoms with E-state index in [1.54, 1.807) is 30.3 Å². The first kappa shape index (κ1) is 13.7. The van der Waals surface area contributed by atoms with Crippen molar-refractivity contribution in [2.24, 2.45) is 0 Å². The quantitative estimate of drug-likeness (QED) is 0.657. The average molecular weight is 272 g/mol. The molecule has 0 amide bonds. The molecule has 4 N–H and O–H groups in total. The summed E-state index contributed by atoms with van der Waals surface area (Å²) in [7, 11) is 2.91. The predicted molar refractivity (Wildman–Crippen MR) is 78.2 cm³/mol. The molecule has 0 heterocycles. The molecule has 2 rings (SSSR count). The number of ether oxygens (including phenoxy) is 2. The lowest BCUT2D eigenvalue weighted by Gasteiger charge is -2.15. The molecule has 0 bridgehead atoms. The van der Waals surface area contributed by atoms with Crippen LogP contribution >= 0.6 is 0 Å². The van der Waals surface area contributed by atoms with Crippen LogP contribution in [0.15, 0.2) is 36.4 Å². The third kappa shape index (κ3) is 2.25. The van der Waals surface area contributed by atoms with Gasteiger partial charge in [0.25, 0.3) is 0 Å². The number of hydrogen-bond acceptors (Lipinski definition) is 5. The van der Waals surface area contributed by atoms with E-state index in [9.17, 15) is 4.79 Å². The molecule has 0 fully saturated rings. The van der Waals surface area contributed by atoms with Crippen LogP contribution in [0.4, 0.5) is 11.4 Å². The van der Waals surface area contributed by atoms with E-state index in [4.69, 9.17) is 20.9 Å². The molecule has 20 heavy (non-hydrogen) atoms. The van der Waals surface area contributed by atoms with Crippen molar-refractivity contribution in [1.29, 1.82) is 0 Å². The lowest BCUT2D eigenvalue weighted by molar-refractivity contribution is 0.103. The Labute approximate surface area is 117 Å². The van der Waals surface area contributed by atoms with Gasteiger partial charge in [-0.25, -0.2) is 0 Å². The Bertz CT molecular complexity index is 639. The molecule has 104 valence electrons. The van der Waals surface area contributed by atoms with Crippen LogP contribution in [0, 0.1) is 0 Å². The smallest absolute Gasteiger partial charge is 0.196 e. The third-order valence-corrected chi connectivity index (χ3v) is 3.02. The number of hydrogen-bond donors (Lipinski definition) is 2. The molecule has 0 radical (unpaired) electrons. The Morgan fingerprint density at radius 3 is 2.20 bits per heavy atom. The second-order valence-corrected chi connectivity index (χ2v) is 4.18. The molecule has 5 nitrogen and oxygen atoms in total. The Balaban J connectivity index is 2.61. The van der Waals surface area contributed by atoms with Gasteiger partial charge in [0, 0.05) is 5.56 Å². The first-order valence-corrected chi connectivity index (χ1v) is 5.99. The van der Waals surface area contributed by atoms with Crippen molar-refractivity contribution in [3.8, 4) is 11.5 Å². The summed E-state index contributed by atoms with van der Waals surface area (Å²) in [6.45, 7) is 0. The van der Waals surface area contributed by atoms with E-state index in [0.29, 0.717) is 16.9 Å². The maximum Gasteiger partial charge on any atom is 0.196 e. The van der Waals surface area contributed by atoms with E-state index in [1.807, 2.05) is 6.07 Å². The summed E-state index contributed by atoms with van der Waals surface area (Å²) in [5, 5.41) is 0. The zero-order chi connectivity index (χ0) is 14.7. The van der Waals surface area contributed by atoms with E-state index < -0.39 is 0 Å². The van der Waals surface area contributed by atoms with E-state index in [1.165, 1.54) is 14.2 Å². The van der Waals surface area contributed by atoms with Crippen molar-refractivity contribution in [2.75, 3.05) is 25.7 Å². The summed E-state index contributed by atoms with van der Waals surface area (Å²) < 4.78 is 10.4. The van der Waals surface area contributed by atoms with Gasteiger partial charge in [0.2, 0.25) is 0 Å². The van der Waals surface area contributed by atoms with Gasteiger partial charge in [0.05, 0.1) is 19.8 Å². The zero-order valence-corrected chi connectivity index (χ0v) is 11.3.